The van der Waals surface area contributed by atoms with E-state index >= 15 is 0 Å². The molecule has 0 aromatic carbocycles. The first-order valence-electron chi connectivity index (χ1n) is 7.57. The molecule has 118 valence electrons. The third-order valence-corrected chi connectivity index (χ3v) is 4.55. The first-order valence-corrected chi connectivity index (χ1v) is 7.57. The van der Waals surface area contributed by atoms with E-state index in [9.17, 15) is 14.4 Å². The number of amides is 2. The number of Topliss-reactive ketones (excluding diaryl/α,β-unsaturated/α-hetero) is 1. The van der Waals surface area contributed by atoms with Crippen LogP contribution in [-0.4, -0.2) is 34.7 Å². The Morgan fingerprint density at radius 3 is 2.45 bits per heavy atom. The van der Waals surface area contributed by atoms with E-state index in [4.69, 9.17) is 4.52 Å². The van der Waals surface area contributed by atoms with Crippen LogP contribution in [0.5, 0.6) is 0 Å². The fourth-order valence-corrected chi connectivity index (χ4v) is 3.36. The summed E-state index contributed by atoms with van der Waals surface area (Å²) in [5.41, 5.74) is 1.07. The zero-order chi connectivity index (χ0) is 16.1. The normalized spacial score (nSPS) is 22.1. The first kappa shape index (κ1) is 14.9. The smallest absolute Gasteiger partial charge is 0.229 e. The van der Waals surface area contributed by atoms with Gasteiger partial charge in [0.15, 0.2) is 5.78 Å². The highest BCUT2D eigenvalue weighted by atomic mass is 16.5. The van der Waals surface area contributed by atoms with Gasteiger partial charge in [0, 0.05) is 32.7 Å². The fourth-order valence-electron chi connectivity index (χ4n) is 3.36. The number of fused-ring (bicyclic) bond motifs is 1. The molecule has 0 unspecified atom stereocenters. The molecule has 2 amide bonds. The Hall–Kier alpha value is -1.98. The topological polar surface area (TPSA) is 80.5 Å². The molecule has 0 N–H and O–H groups in total. The van der Waals surface area contributed by atoms with Crippen LogP contribution in [0.1, 0.15) is 54.9 Å². The third kappa shape index (κ3) is 2.58. The van der Waals surface area contributed by atoms with Crippen LogP contribution < -0.4 is 0 Å². The van der Waals surface area contributed by atoms with Gasteiger partial charge in [0.05, 0.1) is 11.3 Å². The molecule has 6 nitrogen and oxygen atoms in total. The van der Waals surface area contributed by atoms with E-state index < -0.39 is 0 Å². The summed E-state index contributed by atoms with van der Waals surface area (Å²) < 4.78 is 5.36. The lowest BCUT2D eigenvalue weighted by Crippen LogP contribution is -2.41. The van der Waals surface area contributed by atoms with E-state index in [2.05, 4.69) is 5.16 Å². The number of aromatic nitrogens is 1. The Balaban J connectivity index is 1.81. The average molecular weight is 304 g/mol. The highest BCUT2D eigenvalue weighted by Crippen LogP contribution is 2.37. The van der Waals surface area contributed by atoms with Crippen molar-refractivity contribution in [3.05, 3.63) is 17.0 Å². The van der Waals surface area contributed by atoms with E-state index in [-0.39, 0.29) is 28.9 Å². The summed E-state index contributed by atoms with van der Waals surface area (Å²) in [5, 5.41) is 4.04. The van der Waals surface area contributed by atoms with E-state index in [1.54, 1.807) is 0 Å². The minimum Gasteiger partial charge on any atom is -0.360 e. The van der Waals surface area contributed by atoms with Crippen molar-refractivity contribution in [1.29, 1.82) is 0 Å². The lowest BCUT2D eigenvalue weighted by molar-refractivity contribution is -0.148. The number of hydrogen-bond acceptors (Lipinski definition) is 5. The summed E-state index contributed by atoms with van der Waals surface area (Å²) in [6.45, 7) is 4.06. The van der Waals surface area contributed by atoms with Gasteiger partial charge in [-0.25, -0.2) is 0 Å². The molecule has 0 atom stereocenters. The maximum atomic E-state index is 12.4. The summed E-state index contributed by atoms with van der Waals surface area (Å²) in [4.78, 5) is 37.1. The SMILES string of the molecule is CN1C(=O)CC(Cc2noc3c2C(=O)CC(C)(C)C3)CC1=O. The number of carbonyl (C=O) groups excluding carboxylic acids is 3. The molecule has 1 aliphatic heterocycles. The Morgan fingerprint density at radius 1 is 1.18 bits per heavy atom. The van der Waals surface area contributed by atoms with Crippen molar-refractivity contribution >= 4 is 17.6 Å². The first-order chi connectivity index (χ1) is 10.3. The van der Waals surface area contributed by atoms with E-state index in [0.717, 1.165) is 0 Å². The Bertz CT molecular complexity index is 641. The zero-order valence-electron chi connectivity index (χ0n) is 13.1. The van der Waals surface area contributed by atoms with Crippen LogP contribution in [0.4, 0.5) is 0 Å². The molecule has 0 radical (unpaired) electrons. The fraction of sp³-hybridized carbons (Fsp3) is 0.625. The van der Waals surface area contributed by atoms with Gasteiger partial charge in [-0.1, -0.05) is 19.0 Å². The number of nitrogens with zero attached hydrogens (tertiary/aromatic N) is 2. The molecule has 22 heavy (non-hydrogen) atoms. The maximum absolute atomic E-state index is 12.4. The standard InChI is InChI=1S/C16H20N2O4/c1-16(2)7-11(19)15-10(17-22-12(15)8-16)4-9-5-13(20)18(3)14(21)6-9/h9H,4-8H2,1-3H3. The lowest BCUT2D eigenvalue weighted by Gasteiger charge is -2.28. The van der Waals surface area contributed by atoms with Crippen molar-refractivity contribution in [2.45, 2.75) is 46.0 Å². The van der Waals surface area contributed by atoms with E-state index in [0.29, 0.717) is 49.1 Å². The predicted molar refractivity (Wildman–Crippen MR) is 77.1 cm³/mol. The molecule has 6 heteroatoms. The van der Waals surface area contributed by atoms with Gasteiger partial charge in [0.2, 0.25) is 11.8 Å². The Kier molecular flexibility index (Phi) is 3.42. The molecule has 1 fully saturated rings. The van der Waals surface area contributed by atoms with Crippen LogP contribution in [0.25, 0.3) is 0 Å². The molecule has 0 bridgehead atoms. The van der Waals surface area contributed by atoms with Crippen molar-refractivity contribution < 1.29 is 18.9 Å². The van der Waals surface area contributed by atoms with Crippen molar-refractivity contribution in [1.82, 2.24) is 10.1 Å². The van der Waals surface area contributed by atoms with Gasteiger partial charge in [-0.2, -0.15) is 0 Å². The zero-order valence-corrected chi connectivity index (χ0v) is 13.1. The highest BCUT2D eigenvalue weighted by molar-refractivity contribution is 6.00. The van der Waals surface area contributed by atoms with Gasteiger partial charge in [-0.15, -0.1) is 0 Å². The largest absolute Gasteiger partial charge is 0.360 e. The molecule has 3 rings (SSSR count). The summed E-state index contributed by atoms with van der Waals surface area (Å²) in [6, 6.07) is 0. The molecule has 1 aliphatic carbocycles. The minimum atomic E-state index is -0.175. The number of carbonyl (C=O) groups is 3. The maximum Gasteiger partial charge on any atom is 0.229 e. The second kappa shape index (κ2) is 5.04. The quantitative estimate of drug-likeness (QED) is 0.778. The van der Waals surface area contributed by atoms with Crippen molar-refractivity contribution in [2.24, 2.45) is 11.3 Å². The third-order valence-electron chi connectivity index (χ3n) is 4.55. The molecule has 0 saturated carbocycles. The molecular weight excluding hydrogens is 284 g/mol. The molecule has 0 spiro atoms. The van der Waals surface area contributed by atoms with Gasteiger partial charge in [-0.05, 0) is 17.8 Å². The lowest BCUT2D eigenvalue weighted by atomic mass is 9.75. The van der Waals surface area contributed by atoms with Crippen molar-refractivity contribution in [3.63, 3.8) is 0 Å². The van der Waals surface area contributed by atoms with Crippen LogP contribution >= 0.6 is 0 Å². The van der Waals surface area contributed by atoms with Gasteiger partial charge in [0.1, 0.15) is 5.76 Å². The average Bonchev–Trinajstić information content (AvgIpc) is 2.77. The molecule has 1 saturated heterocycles. The number of hydrogen-bond donors (Lipinski definition) is 0. The van der Waals surface area contributed by atoms with Gasteiger partial charge in [0.25, 0.3) is 0 Å². The number of imide groups is 1. The van der Waals surface area contributed by atoms with Gasteiger partial charge in [-0.3, -0.25) is 19.3 Å². The molecule has 1 aromatic heterocycles. The van der Waals surface area contributed by atoms with Crippen LogP contribution in [0.3, 0.4) is 0 Å². The second-order valence-electron chi connectivity index (χ2n) is 7.19. The molecule has 2 aliphatic rings. The summed E-state index contributed by atoms with van der Waals surface area (Å²) in [6.07, 6.45) is 2.22. The highest BCUT2D eigenvalue weighted by Gasteiger charge is 2.38. The summed E-state index contributed by atoms with van der Waals surface area (Å²) >= 11 is 0. The second-order valence-corrected chi connectivity index (χ2v) is 7.19. The predicted octanol–water partition coefficient (Wildman–Crippen LogP) is 1.77. The van der Waals surface area contributed by atoms with Crippen molar-refractivity contribution in [2.75, 3.05) is 7.05 Å². The number of ketones is 1. The van der Waals surface area contributed by atoms with Crippen LogP contribution in [0.15, 0.2) is 4.52 Å². The minimum absolute atomic E-state index is 0.0491. The van der Waals surface area contributed by atoms with E-state index in [1.165, 1.54) is 11.9 Å². The number of piperidine rings is 1. The Labute approximate surface area is 128 Å². The molecule has 1 aromatic rings. The number of rotatable bonds is 2. The van der Waals surface area contributed by atoms with Gasteiger partial charge < -0.3 is 4.52 Å². The van der Waals surface area contributed by atoms with Gasteiger partial charge >= 0.3 is 0 Å². The van der Waals surface area contributed by atoms with E-state index in [1.807, 2.05) is 13.8 Å². The monoisotopic (exact) mass is 304 g/mol. The summed E-state index contributed by atoms with van der Waals surface area (Å²) in [7, 11) is 1.50. The summed E-state index contributed by atoms with van der Waals surface area (Å²) in [5.74, 6) is 0.236. The molecule has 2 heterocycles. The van der Waals surface area contributed by atoms with Crippen LogP contribution in [0.2, 0.25) is 0 Å². The van der Waals surface area contributed by atoms with Crippen LogP contribution in [0, 0.1) is 11.3 Å². The number of likely N-dealkylation sites (tertiary alicyclic amines) is 1. The van der Waals surface area contributed by atoms with Crippen LogP contribution in [-0.2, 0) is 22.4 Å². The Morgan fingerprint density at radius 2 is 1.82 bits per heavy atom. The molecular formula is C16H20N2O4. The van der Waals surface area contributed by atoms with Crippen molar-refractivity contribution in [3.8, 4) is 0 Å².